The average Bonchev–Trinajstić information content (AvgIpc) is 3.83. The van der Waals surface area contributed by atoms with Crippen LogP contribution in [0.4, 0.5) is 17.3 Å². The van der Waals surface area contributed by atoms with Crippen LogP contribution in [0.15, 0.2) is 64.0 Å². The van der Waals surface area contributed by atoms with Crippen molar-refractivity contribution in [3.8, 4) is 23.0 Å². The molecule has 3 heterocycles. The maximum Gasteiger partial charge on any atom is 0.338 e. The molecule has 1 saturated carbocycles. The summed E-state index contributed by atoms with van der Waals surface area (Å²) in [7, 11) is 2.32. The third-order valence-electron chi connectivity index (χ3n) is 9.38. The van der Waals surface area contributed by atoms with E-state index in [9.17, 15) is 13.2 Å². The molecule has 280 valence electrons. The number of sulfonamides is 1. The quantitative estimate of drug-likeness (QED) is 0.122. The van der Waals surface area contributed by atoms with Crippen molar-refractivity contribution in [2.45, 2.75) is 55.7 Å². The van der Waals surface area contributed by atoms with Crippen molar-refractivity contribution in [3.63, 3.8) is 0 Å². The number of nitrogens with zero attached hydrogens (tertiary/aromatic N) is 4. The minimum Gasteiger partial charge on any atom is -0.497 e. The number of carbonyl (C=O) groups excluding carboxylic acids is 1. The minimum absolute atomic E-state index is 0.0171. The van der Waals surface area contributed by atoms with Gasteiger partial charge in [-0.2, -0.15) is 5.10 Å². The molecule has 2 fully saturated rings. The molecule has 1 unspecified atom stereocenters. The second-order valence-corrected chi connectivity index (χ2v) is 14.5. The van der Waals surface area contributed by atoms with Gasteiger partial charge in [-0.05, 0) is 68.0 Å². The molecule has 1 aliphatic heterocycles. The van der Waals surface area contributed by atoms with Crippen LogP contribution in [0.1, 0.15) is 65.9 Å². The normalized spacial score (nSPS) is 15.9. The van der Waals surface area contributed by atoms with Crippen molar-refractivity contribution < 1.29 is 46.2 Å². The Kier molecular flexibility index (Phi) is 10.1. The Morgan fingerprint density at radius 1 is 0.906 bits per heavy atom. The predicted octanol–water partition coefficient (Wildman–Crippen LogP) is 6.56. The topological polar surface area (TPSA) is 166 Å². The molecule has 3 aromatic carbocycles. The van der Waals surface area contributed by atoms with Crippen LogP contribution in [0.25, 0.3) is 11.0 Å². The van der Waals surface area contributed by atoms with Crippen molar-refractivity contribution in [1.82, 2.24) is 14.9 Å². The molecule has 1 saturated heterocycles. The first-order chi connectivity index (χ1) is 25.7. The van der Waals surface area contributed by atoms with Gasteiger partial charge in [0.05, 0.1) is 58.7 Å². The SMILES string of the molecule is COC(=O)c1cc(OC)c(S(=O)(=O)N(Cc2ccc(OC)cc2)c2noc3cc(Nc4cc(C5CC5)n(C5CCCCO5)n4)c(OC)cc23)c(OC)c1. The van der Waals surface area contributed by atoms with E-state index >= 15 is 0 Å². The highest BCUT2D eigenvalue weighted by Crippen LogP contribution is 2.45. The standard InChI is InChI=1S/C37H41N5O10S/c1-46-25-13-9-22(10-14-25)21-41(53(44,45)35-31(48-3)16-24(37(43)50-5)17-32(35)49-4)36-26-18-30(47-2)27(19-29(26)52-40-36)38-33-20-28(23-11-12-23)42(39-33)34-8-6-7-15-51-34/h9-10,13-14,16-20,23,34H,6-8,11-12,15,21H2,1-5H3,(H,38,39). The summed E-state index contributed by atoms with van der Waals surface area (Å²) in [6.45, 7) is 0.533. The summed E-state index contributed by atoms with van der Waals surface area (Å²) in [5.41, 5.74) is 2.62. The van der Waals surface area contributed by atoms with Gasteiger partial charge < -0.3 is 38.3 Å². The van der Waals surface area contributed by atoms with Crippen LogP contribution in [-0.2, 0) is 26.0 Å². The van der Waals surface area contributed by atoms with Crippen LogP contribution in [0.3, 0.4) is 0 Å². The van der Waals surface area contributed by atoms with Gasteiger partial charge in [0, 0.05) is 30.4 Å². The molecule has 0 amide bonds. The number of fused-ring (bicyclic) bond motifs is 1. The lowest BCUT2D eigenvalue weighted by atomic mass is 10.2. The number of ether oxygens (including phenoxy) is 6. The van der Waals surface area contributed by atoms with Gasteiger partial charge in [0.15, 0.2) is 28.3 Å². The molecule has 1 aliphatic carbocycles. The molecule has 5 aromatic rings. The molecule has 16 heteroatoms. The molecule has 1 atom stereocenters. The predicted molar refractivity (Wildman–Crippen MR) is 194 cm³/mol. The number of carbonyl (C=O) groups is 1. The number of nitrogens with one attached hydrogen (secondary N) is 1. The zero-order chi connectivity index (χ0) is 37.3. The number of anilines is 3. The zero-order valence-corrected chi connectivity index (χ0v) is 30.9. The highest BCUT2D eigenvalue weighted by Gasteiger charge is 2.37. The third-order valence-corrected chi connectivity index (χ3v) is 11.2. The Bertz CT molecular complexity index is 2200. The maximum absolute atomic E-state index is 14.9. The van der Waals surface area contributed by atoms with Crippen molar-refractivity contribution in [1.29, 1.82) is 0 Å². The zero-order valence-electron chi connectivity index (χ0n) is 30.1. The van der Waals surface area contributed by atoms with E-state index in [0.29, 0.717) is 46.5 Å². The summed E-state index contributed by atoms with van der Waals surface area (Å²) in [6.07, 6.45) is 5.14. The van der Waals surface area contributed by atoms with Crippen molar-refractivity contribution >= 4 is 44.3 Å². The van der Waals surface area contributed by atoms with Gasteiger partial charge in [0.1, 0.15) is 23.0 Å². The minimum atomic E-state index is -4.56. The van der Waals surface area contributed by atoms with Crippen molar-refractivity contribution in [2.24, 2.45) is 0 Å². The van der Waals surface area contributed by atoms with E-state index in [-0.39, 0.29) is 46.1 Å². The molecular formula is C37H41N5O10S. The summed E-state index contributed by atoms with van der Waals surface area (Å²) >= 11 is 0. The first kappa shape index (κ1) is 35.9. The van der Waals surface area contributed by atoms with Gasteiger partial charge in [0.25, 0.3) is 10.0 Å². The van der Waals surface area contributed by atoms with E-state index in [1.54, 1.807) is 43.5 Å². The van der Waals surface area contributed by atoms with Crippen molar-refractivity contribution in [3.05, 3.63) is 71.4 Å². The van der Waals surface area contributed by atoms with Crippen LogP contribution in [0, 0.1) is 0 Å². The number of hydrogen-bond donors (Lipinski definition) is 1. The molecule has 1 N–H and O–H groups in total. The van der Waals surface area contributed by atoms with Gasteiger partial charge in [-0.15, -0.1) is 0 Å². The third kappa shape index (κ3) is 7.03. The number of benzene rings is 3. The summed E-state index contributed by atoms with van der Waals surface area (Å²) in [6, 6.07) is 14.9. The van der Waals surface area contributed by atoms with E-state index in [2.05, 4.69) is 10.5 Å². The molecular weight excluding hydrogens is 706 g/mol. The number of rotatable bonds is 14. The maximum atomic E-state index is 14.9. The Morgan fingerprint density at radius 3 is 2.23 bits per heavy atom. The molecule has 15 nitrogen and oxygen atoms in total. The Balaban J connectivity index is 1.31. The van der Waals surface area contributed by atoms with Crippen LogP contribution in [0.2, 0.25) is 0 Å². The second kappa shape index (κ2) is 14.9. The summed E-state index contributed by atoms with van der Waals surface area (Å²) in [4.78, 5) is 12.1. The lowest BCUT2D eigenvalue weighted by Crippen LogP contribution is -2.32. The Hall–Kier alpha value is -5.48. The second-order valence-electron chi connectivity index (χ2n) is 12.7. The van der Waals surface area contributed by atoms with Gasteiger partial charge in [-0.25, -0.2) is 22.2 Å². The first-order valence-electron chi connectivity index (χ1n) is 17.1. The van der Waals surface area contributed by atoms with E-state index < -0.39 is 16.0 Å². The van der Waals surface area contributed by atoms with Gasteiger partial charge in [0.2, 0.25) is 0 Å². The summed E-state index contributed by atoms with van der Waals surface area (Å²) < 4.78 is 71.8. The number of hydrogen-bond acceptors (Lipinski definition) is 13. The fourth-order valence-electron chi connectivity index (χ4n) is 6.49. The molecule has 2 aliphatic rings. The van der Waals surface area contributed by atoms with Crippen LogP contribution in [-0.4, -0.2) is 71.5 Å². The van der Waals surface area contributed by atoms with Gasteiger partial charge >= 0.3 is 5.97 Å². The molecule has 0 radical (unpaired) electrons. The first-order valence-corrected chi connectivity index (χ1v) is 18.6. The summed E-state index contributed by atoms with van der Waals surface area (Å²) in [5.74, 6) is 1.08. The highest BCUT2D eigenvalue weighted by atomic mass is 32.2. The molecule has 7 rings (SSSR count). The molecule has 2 aromatic heterocycles. The van der Waals surface area contributed by atoms with Crippen LogP contribution >= 0.6 is 0 Å². The van der Waals surface area contributed by atoms with Crippen molar-refractivity contribution in [2.75, 3.05) is 51.8 Å². The van der Waals surface area contributed by atoms with Gasteiger partial charge in [-0.1, -0.05) is 17.3 Å². The number of aromatic nitrogens is 3. The van der Waals surface area contributed by atoms with Crippen LogP contribution in [0.5, 0.6) is 23.0 Å². The smallest absolute Gasteiger partial charge is 0.338 e. The lowest BCUT2D eigenvalue weighted by Gasteiger charge is -2.25. The van der Waals surface area contributed by atoms with Crippen LogP contribution < -0.4 is 28.6 Å². The fraction of sp³-hybridized carbons (Fsp3) is 0.378. The number of esters is 1. The average molecular weight is 748 g/mol. The molecule has 53 heavy (non-hydrogen) atoms. The molecule has 0 spiro atoms. The van der Waals surface area contributed by atoms with E-state index in [0.717, 1.165) is 42.1 Å². The lowest BCUT2D eigenvalue weighted by molar-refractivity contribution is -0.0409. The molecule has 0 bridgehead atoms. The number of methoxy groups -OCH3 is 5. The van der Waals surface area contributed by atoms with E-state index in [4.69, 9.17) is 38.0 Å². The Morgan fingerprint density at radius 2 is 1.62 bits per heavy atom. The fourth-order valence-corrected chi connectivity index (χ4v) is 8.18. The Labute approximate surface area is 306 Å². The monoisotopic (exact) mass is 747 g/mol. The highest BCUT2D eigenvalue weighted by molar-refractivity contribution is 7.93. The van der Waals surface area contributed by atoms with Gasteiger partial charge in [-0.3, -0.25) is 0 Å². The largest absolute Gasteiger partial charge is 0.497 e. The van der Waals surface area contributed by atoms with E-state index in [1.165, 1.54) is 40.6 Å². The summed E-state index contributed by atoms with van der Waals surface area (Å²) in [5, 5.41) is 12.9. The van der Waals surface area contributed by atoms with E-state index in [1.807, 2.05) is 10.7 Å².